The van der Waals surface area contributed by atoms with Gasteiger partial charge in [-0.15, -0.1) is 0 Å². The summed E-state index contributed by atoms with van der Waals surface area (Å²) in [6.45, 7) is 16.5. The molecule has 0 saturated heterocycles. The number of rotatable bonds is 0. The Hall–Kier alpha value is 2.21. The van der Waals surface area contributed by atoms with Crippen LogP contribution >= 0.6 is 0 Å². The summed E-state index contributed by atoms with van der Waals surface area (Å²) in [6.07, 6.45) is 2.50. The summed E-state index contributed by atoms with van der Waals surface area (Å²) in [7, 11) is 0. The van der Waals surface area contributed by atoms with Crippen molar-refractivity contribution in [3.05, 3.63) is 14.9 Å². The molecule has 0 aromatic heterocycles. The standard InChI is InChI=1S/2C3H8.2C2H6.2CH3.2Y/c2*1-3-2;2*1-2;;;;/h2*3H2,1-2H3;2*1-2H3;2*1H3;;/q;;;;2*-1;;. The monoisotopic (exact) mass is 356 g/mol. The van der Waals surface area contributed by atoms with Gasteiger partial charge in [-0.3, -0.25) is 0 Å². The maximum Gasteiger partial charge on any atom is 0 e. The van der Waals surface area contributed by atoms with Crippen LogP contribution < -0.4 is 0 Å². The summed E-state index contributed by atoms with van der Waals surface area (Å²) in [4.78, 5) is 0. The molecule has 0 unspecified atom stereocenters. The van der Waals surface area contributed by atoms with Gasteiger partial charge in [-0.25, -0.2) is 0 Å². The van der Waals surface area contributed by atoms with E-state index in [4.69, 9.17) is 0 Å². The third-order valence-electron chi connectivity index (χ3n) is 0. The molecule has 0 fully saturated rings. The fraction of sp³-hybridized carbons (Fsp3) is 0.833. The van der Waals surface area contributed by atoms with Crippen molar-refractivity contribution in [2.45, 2.75) is 68.2 Å². The minimum atomic E-state index is 0. The van der Waals surface area contributed by atoms with Crippen LogP contribution in [0.2, 0.25) is 0 Å². The molecule has 0 nitrogen and oxygen atoms in total. The van der Waals surface area contributed by atoms with E-state index in [0.717, 1.165) is 0 Å². The van der Waals surface area contributed by atoms with Crippen molar-refractivity contribution in [3.8, 4) is 0 Å². The van der Waals surface area contributed by atoms with Crippen molar-refractivity contribution < 1.29 is 65.4 Å². The van der Waals surface area contributed by atoms with Gasteiger partial charge in [0.15, 0.2) is 0 Å². The third-order valence-corrected chi connectivity index (χ3v) is 0. The van der Waals surface area contributed by atoms with Crippen LogP contribution in [0.4, 0.5) is 0 Å². The molecule has 0 rings (SSSR count). The first-order valence-electron chi connectivity index (χ1n) is 4.83. The molecule has 0 amide bonds. The summed E-state index contributed by atoms with van der Waals surface area (Å²) in [5, 5.41) is 0. The summed E-state index contributed by atoms with van der Waals surface area (Å²) >= 11 is 0. The van der Waals surface area contributed by atoms with Crippen molar-refractivity contribution in [1.82, 2.24) is 0 Å². The first kappa shape index (κ1) is 55.6. The Morgan fingerprint density at radius 1 is 0.500 bits per heavy atom. The minimum absolute atomic E-state index is 0. The van der Waals surface area contributed by atoms with Crippen molar-refractivity contribution >= 4 is 0 Å². The molecule has 90 valence electrons. The molecule has 0 aromatic carbocycles. The molecule has 14 heavy (non-hydrogen) atoms. The van der Waals surface area contributed by atoms with Gasteiger partial charge >= 0.3 is 0 Å². The predicted octanol–water partition coefficient (Wildman–Crippen LogP) is 5.78. The molecular formula is C12H34Y2-2. The maximum atomic E-state index is 2.12. The zero-order valence-electron chi connectivity index (χ0n) is 12.6. The van der Waals surface area contributed by atoms with Gasteiger partial charge in [0.05, 0.1) is 0 Å². The summed E-state index contributed by atoms with van der Waals surface area (Å²) < 4.78 is 0. The summed E-state index contributed by atoms with van der Waals surface area (Å²) in [5.74, 6) is 0. The van der Waals surface area contributed by atoms with Gasteiger partial charge in [0.25, 0.3) is 0 Å². The quantitative estimate of drug-likeness (QED) is 0.483. The zero-order valence-corrected chi connectivity index (χ0v) is 18.2. The topological polar surface area (TPSA) is 0 Å². The molecule has 2 radical (unpaired) electrons. The van der Waals surface area contributed by atoms with Crippen LogP contribution in [0.5, 0.6) is 0 Å². The second kappa shape index (κ2) is 173. The van der Waals surface area contributed by atoms with Crippen molar-refractivity contribution in [2.24, 2.45) is 0 Å². The van der Waals surface area contributed by atoms with Crippen LogP contribution in [-0.4, -0.2) is 0 Å². The molecule has 0 aliphatic heterocycles. The van der Waals surface area contributed by atoms with E-state index < -0.39 is 0 Å². The second-order valence-corrected chi connectivity index (χ2v) is 1.41. The number of hydrogen-bond donors (Lipinski definition) is 0. The Morgan fingerprint density at radius 2 is 0.500 bits per heavy atom. The Balaban J connectivity index is -0.00000000530. The van der Waals surface area contributed by atoms with E-state index in [0.29, 0.717) is 0 Å². The van der Waals surface area contributed by atoms with Crippen LogP contribution in [-0.2, 0) is 65.4 Å². The van der Waals surface area contributed by atoms with Crippen LogP contribution in [0.25, 0.3) is 0 Å². The molecule has 0 aromatic rings. The molecule has 0 atom stereocenters. The van der Waals surface area contributed by atoms with Gasteiger partial charge in [-0.1, -0.05) is 68.2 Å². The second-order valence-electron chi connectivity index (χ2n) is 1.41. The maximum absolute atomic E-state index is 2.12. The van der Waals surface area contributed by atoms with Gasteiger partial charge in [0, 0.05) is 65.4 Å². The third kappa shape index (κ3) is 508. The van der Waals surface area contributed by atoms with Crippen LogP contribution in [0.3, 0.4) is 0 Å². The molecule has 0 aliphatic rings. The molecular weight excluding hydrogens is 322 g/mol. The average molecular weight is 356 g/mol. The van der Waals surface area contributed by atoms with Crippen molar-refractivity contribution in [3.63, 3.8) is 0 Å². The molecule has 2 heteroatoms. The van der Waals surface area contributed by atoms with E-state index in [9.17, 15) is 0 Å². The molecule has 0 bridgehead atoms. The summed E-state index contributed by atoms with van der Waals surface area (Å²) in [6, 6.07) is 0. The van der Waals surface area contributed by atoms with E-state index in [-0.39, 0.29) is 80.3 Å². The van der Waals surface area contributed by atoms with Crippen LogP contribution in [0.15, 0.2) is 0 Å². The first-order valence-corrected chi connectivity index (χ1v) is 4.83. The Kier molecular flexibility index (Phi) is 689. The molecule has 0 N–H and O–H groups in total. The molecule has 0 saturated carbocycles. The van der Waals surface area contributed by atoms with Gasteiger partial charge < -0.3 is 14.9 Å². The first-order chi connectivity index (χ1) is 4.83. The van der Waals surface area contributed by atoms with Crippen LogP contribution in [0, 0.1) is 14.9 Å². The molecule has 0 aliphatic carbocycles. The Labute approximate surface area is 147 Å². The van der Waals surface area contributed by atoms with Gasteiger partial charge in [-0.2, -0.15) is 0 Å². The summed E-state index contributed by atoms with van der Waals surface area (Å²) in [5.41, 5.74) is 0. The zero-order chi connectivity index (χ0) is 9.41. The van der Waals surface area contributed by atoms with E-state index >= 15 is 0 Å². The fourth-order valence-corrected chi connectivity index (χ4v) is 0. The predicted molar refractivity (Wildman–Crippen MR) is 67.5 cm³/mol. The smallest absolute Gasteiger partial charge is 0 e. The van der Waals surface area contributed by atoms with Gasteiger partial charge in [0.1, 0.15) is 0 Å². The van der Waals surface area contributed by atoms with Crippen LogP contribution in [0.1, 0.15) is 68.2 Å². The van der Waals surface area contributed by atoms with Gasteiger partial charge in [0.2, 0.25) is 0 Å². The van der Waals surface area contributed by atoms with E-state index in [1.807, 2.05) is 27.7 Å². The Bertz CT molecular complexity index is 10.3. The largest absolute Gasteiger partial charge is 0.358 e. The van der Waals surface area contributed by atoms with Gasteiger partial charge in [-0.05, 0) is 0 Å². The number of hydrogen-bond acceptors (Lipinski definition) is 0. The van der Waals surface area contributed by atoms with E-state index in [1.54, 1.807) is 0 Å². The van der Waals surface area contributed by atoms with E-state index in [1.165, 1.54) is 12.8 Å². The van der Waals surface area contributed by atoms with Crippen molar-refractivity contribution in [1.29, 1.82) is 0 Å². The minimum Gasteiger partial charge on any atom is -0.358 e. The van der Waals surface area contributed by atoms with Crippen molar-refractivity contribution in [2.75, 3.05) is 0 Å². The average Bonchev–Trinajstić information content (AvgIpc) is 1.99. The SMILES string of the molecule is CC.CC.CCC.CCC.[CH3-].[CH3-].[Y].[Y]. The van der Waals surface area contributed by atoms with E-state index in [2.05, 4.69) is 27.7 Å². The normalized spacial score (nSPS) is 3.43. The Morgan fingerprint density at radius 3 is 0.500 bits per heavy atom. The molecule has 0 spiro atoms. The molecule has 0 heterocycles. The fourth-order valence-electron chi connectivity index (χ4n) is 0.